The SMILES string of the molecule is CCCC(CC)NC(CC)C1CCOC1. The van der Waals surface area contributed by atoms with Crippen LogP contribution in [0.3, 0.4) is 0 Å². The van der Waals surface area contributed by atoms with Crippen LogP contribution < -0.4 is 5.32 Å². The second-order valence-electron chi connectivity index (χ2n) is 4.70. The summed E-state index contributed by atoms with van der Waals surface area (Å²) in [6, 6.07) is 1.38. The molecule has 1 N–H and O–H groups in total. The lowest BCUT2D eigenvalue weighted by Gasteiger charge is -2.27. The molecule has 2 heteroatoms. The molecule has 1 rings (SSSR count). The summed E-state index contributed by atoms with van der Waals surface area (Å²) >= 11 is 0. The number of nitrogens with one attached hydrogen (secondary N) is 1. The first-order chi connectivity index (χ1) is 7.31. The van der Waals surface area contributed by atoms with Gasteiger partial charge in [0, 0.05) is 18.7 Å². The Morgan fingerprint density at radius 1 is 1.27 bits per heavy atom. The van der Waals surface area contributed by atoms with E-state index in [1.165, 1.54) is 32.1 Å². The highest BCUT2D eigenvalue weighted by Crippen LogP contribution is 2.20. The zero-order chi connectivity index (χ0) is 11.1. The van der Waals surface area contributed by atoms with Gasteiger partial charge in [-0.1, -0.05) is 27.2 Å². The average Bonchev–Trinajstić information content (AvgIpc) is 2.77. The van der Waals surface area contributed by atoms with E-state index in [1.54, 1.807) is 0 Å². The van der Waals surface area contributed by atoms with E-state index in [2.05, 4.69) is 26.1 Å². The molecular formula is C13H27NO. The van der Waals surface area contributed by atoms with Crippen molar-refractivity contribution in [3.8, 4) is 0 Å². The molecule has 90 valence electrons. The number of ether oxygens (including phenoxy) is 1. The summed E-state index contributed by atoms with van der Waals surface area (Å²) in [6.07, 6.45) is 6.31. The van der Waals surface area contributed by atoms with Gasteiger partial charge in [0.2, 0.25) is 0 Å². The van der Waals surface area contributed by atoms with E-state index in [4.69, 9.17) is 4.74 Å². The van der Waals surface area contributed by atoms with Gasteiger partial charge in [-0.3, -0.25) is 0 Å². The highest BCUT2D eigenvalue weighted by atomic mass is 16.5. The zero-order valence-electron chi connectivity index (χ0n) is 10.6. The van der Waals surface area contributed by atoms with Gasteiger partial charge < -0.3 is 10.1 Å². The van der Waals surface area contributed by atoms with E-state index in [-0.39, 0.29) is 0 Å². The molecule has 0 bridgehead atoms. The van der Waals surface area contributed by atoms with Crippen molar-refractivity contribution in [3.05, 3.63) is 0 Å². The Labute approximate surface area is 94.8 Å². The van der Waals surface area contributed by atoms with Crippen LogP contribution in [-0.4, -0.2) is 25.3 Å². The predicted octanol–water partition coefficient (Wildman–Crippen LogP) is 2.97. The number of hydrogen-bond donors (Lipinski definition) is 1. The fraction of sp³-hybridized carbons (Fsp3) is 1.00. The van der Waals surface area contributed by atoms with Gasteiger partial charge in [0.15, 0.2) is 0 Å². The molecule has 0 aromatic rings. The van der Waals surface area contributed by atoms with Crippen LogP contribution in [0.2, 0.25) is 0 Å². The highest BCUT2D eigenvalue weighted by Gasteiger charge is 2.25. The molecule has 0 spiro atoms. The topological polar surface area (TPSA) is 21.3 Å². The van der Waals surface area contributed by atoms with Crippen LogP contribution in [-0.2, 0) is 4.74 Å². The molecule has 1 aliphatic heterocycles. The van der Waals surface area contributed by atoms with Crippen molar-refractivity contribution in [2.45, 2.75) is 65.0 Å². The summed E-state index contributed by atoms with van der Waals surface area (Å²) < 4.78 is 5.48. The molecule has 0 aliphatic carbocycles. The molecule has 0 saturated carbocycles. The Bertz CT molecular complexity index is 155. The molecule has 3 atom stereocenters. The fourth-order valence-corrected chi connectivity index (χ4v) is 2.51. The van der Waals surface area contributed by atoms with E-state index in [9.17, 15) is 0 Å². The number of hydrogen-bond acceptors (Lipinski definition) is 2. The van der Waals surface area contributed by atoms with Crippen molar-refractivity contribution in [2.24, 2.45) is 5.92 Å². The van der Waals surface area contributed by atoms with Crippen LogP contribution >= 0.6 is 0 Å². The van der Waals surface area contributed by atoms with E-state index < -0.39 is 0 Å². The zero-order valence-corrected chi connectivity index (χ0v) is 10.6. The van der Waals surface area contributed by atoms with E-state index in [1.807, 2.05) is 0 Å². The highest BCUT2D eigenvalue weighted by molar-refractivity contribution is 4.81. The third-order valence-electron chi connectivity index (χ3n) is 3.55. The van der Waals surface area contributed by atoms with Gasteiger partial charge in [0.1, 0.15) is 0 Å². The lowest BCUT2D eigenvalue weighted by molar-refractivity contribution is 0.172. The largest absolute Gasteiger partial charge is 0.381 e. The lowest BCUT2D eigenvalue weighted by atomic mass is 9.95. The predicted molar refractivity (Wildman–Crippen MR) is 65.1 cm³/mol. The Balaban J connectivity index is 2.36. The molecule has 1 heterocycles. The van der Waals surface area contributed by atoms with Gasteiger partial charge in [-0.2, -0.15) is 0 Å². The standard InChI is InChI=1S/C13H27NO/c1-4-7-12(5-2)14-13(6-3)11-8-9-15-10-11/h11-14H,4-10H2,1-3H3. The van der Waals surface area contributed by atoms with E-state index in [0.29, 0.717) is 12.1 Å². The first-order valence-corrected chi connectivity index (χ1v) is 6.65. The normalized spacial score (nSPS) is 25.4. The third kappa shape index (κ3) is 4.12. The van der Waals surface area contributed by atoms with E-state index in [0.717, 1.165) is 19.1 Å². The second kappa shape index (κ2) is 7.24. The Morgan fingerprint density at radius 2 is 2.07 bits per heavy atom. The van der Waals surface area contributed by atoms with Crippen molar-refractivity contribution in [1.29, 1.82) is 0 Å². The molecule has 0 amide bonds. The van der Waals surface area contributed by atoms with Gasteiger partial charge in [0.05, 0.1) is 6.61 Å². The second-order valence-corrected chi connectivity index (χ2v) is 4.70. The van der Waals surface area contributed by atoms with Crippen molar-refractivity contribution < 1.29 is 4.74 Å². The van der Waals surface area contributed by atoms with Crippen LogP contribution in [0, 0.1) is 5.92 Å². The molecule has 2 nitrogen and oxygen atoms in total. The van der Waals surface area contributed by atoms with Crippen LogP contribution in [0.15, 0.2) is 0 Å². The van der Waals surface area contributed by atoms with Crippen LogP contribution in [0.4, 0.5) is 0 Å². The van der Waals surface area contributed by atoms with Crippen molar-refractivity contribution in [2.75, 3.05) is 13.2 Å². The van der Waals surface area contributed by atoms with Crippen molar-refractivity contribution >= 4 is 0 Å². The Hall–Kier alpha value is -0.0800. The summed E-state index contributed by atoms with van der Waals surface area (Å²) in [5, 5.41) is 3.82. The third-order valence-corrected chi connectivity index (χ3v) is 3.55. The summed E-state index contributed by atoms with van der Waals surface area (Å²) in [5.41, 5.74) is 0. The summed E-state index contributed by atoms with van der Waals surface area (Å²) in [6.45, 7) is 8.77. The Kier molecular flexibility index (Phi) is 6.26. The molecule has 1 fully saturated rings. The summed E-state index contributed by atoms with van der Waals surface area (Å²) in [5.74, 6) is 0.751. The minimum atomic E-state index is 0.670. The minimum absolute atomic E-state index is 0.670. The van der Waals surface area contributed by atoms with Crippen LogP contribution in [0.5, 0.6) is 0 Å². The summed E-state index contributed by atoms with van der Waals surface area (Å²) in [4.78, 5) is 0. The maximum Gasteiger partial charge on any atom is 0.0510 e. The molecule has 1 saturated heterocycles. The molecule has 0 aromatic heterocycles. The lowest BCUT2D eigenvalue weighted by Crippen LogP contribution is -2.42. The van der Waals surface area contributed by atoms with Gasteiger partial charge in [0.25, 0.3) is 0 Å². The quantitative estimate of drug-likeness (QED) is 0.702. The fourth-order valence-electron chi connectivity index (χ4n) is 2.51. The summed E-state index contributed by atoms with van der Waals surface area (Å²) in [7, 11) is 0. The van der Waals surface area contributed by atoms with Crippen molar-refractivity contribution in [1.82, 2.24) is 5.32 Å². The first-order valence-electron chi connectivity index (χ1n) is 6.65. The van der Waals surface area contributed by atoms with E-state index >= 15 is 0 Å². The molecule has 3 unspecified atom stereocenters. The molecule has 0 radical (unpaired) electrons. The number of rotatable bonds is 7. The van der Waals surface area contributed by atoms with Gasteiger partial charge in [-0.25, -0.2) is 0 Å². The monoisotopic (exact) mass is 213 g/mol. The molecule has 1 aliphatic rings. The van der Waals surface area contributed by atoms with Gasteiger partial charge >= 0.3 is 0 Å². The van der Waals surface area contributed by atoms with Gasteiger partial charge in [-0.15, -0.1) is 0 Å². The maximum absolute atomic E-state index is 5.48. The molecule has 0 aromatic carbocycles. The molecular weight excluding hydrogens is 186 g/mol. The minimum Gasteiger partial charge on any atom is -0.381 e. The molecule has 15 heavy (non-hydrogen) atoms. The van der Waals surface area contributed by atoms with Crippen molar-refractivity contribution in [3.63, 3.8) is 0 Å². The smallest absolute Gasteiger partial charge is 0.0510 e. The Morgan fingerprint density at radius 3 is 2.53 bits per heavy atom. The van der Waals surface area contributed by atoms with Gasteiger partial charge in [-0.05, 0) is 31.6 Å². The first kappa shape index (κ1) is 13.0. The maximum atomic E-state index is 5.48. The van der Waals surface area contributed by atoms with Crippen LogP contribution in [0.1, 0.15) is 52.9 Å². The van der Waals surface area contributed by atoms with Crippen LogP contribution in [0.25, 0.3) is 0 Å². The average molecular weight is 213 g/mol.